The van der Waals surface area contributed by atoms with Crippen LogP contribution >= 0.6 is 11.6 Å². The minimum absolute atomic E-state index is 0.0109. The standard InChI is InChI=1S/C28H28ClN3O3/c1-3-22(18-32(2)17-19-9-5-4-6-10-19)30-27(33)21-13-14-25-24(15-21)31-28(34)26(35-25)16-20-11-7-8-12-23(20)29/h4-16,22H,3,17-18H2,1-2H3,(H,30,33)(H,31,34)/b26-16-/t22-/m0/s1. The van der Waals surface area contributed by atoms with Crippen LogP contribution in [-0.4, -0.2) is 36.3 Å². The second kappa shape index (κ2) is 11.2. The number of ether oxygens (including phenoxy) is 1. The van der Waals surface area contributed by atoms with Crippen LogP contribution in [0.15, 0.2) is 78.6 Å². The predicted molar refractivity (Wildman–Crippen MR) is 139 cm³/mol. The first kappa shape index (κ1) is 24.5. The van der Waals surface area contributed by atoms with Crippen molar-refractivity contribution >= 4 is 35.2 Å². The van der Waals surface area contributed by atoms with Gasteiger partial charge >= 0.3 is 0 Å². The van der Waals surface area contributed by atoms with Crippen LogP contribution in [0.2, 0.25) is 5.02 Å². The molecule has 0 radical (unpaired) electrons. The summed E-state index contributed by atoms with van der Waals surface area (Å²) in [5, 5.41) is 6.44. The Kier molecular flexibility index (Phi) is 7.85. The van der Waals surface area contributed by atoms with Gasteiger partial charge in [0.05, 0.1) is 5.69 Å². The number of nitrogens with zero attached hydrogens (tertiary/aromatic N) is 1. The first-order chi connectivity index (χ1) is 16.9. The molecule has 1 aliphatic rings. The largest absolute Gasteiger partial charge is 0.449 e. The molecular weight excluding hydrogens is 462 g/mol. The maximum atomic E-state index is 13.0. The number of hydrogen-bond acceptors (Lipinski definition) is 4. The molecule has 1 heterocycles. The summed E-state index contributed by atoms with van der Waals surface area (Å²) >= 11 is 6.19. The molecule has 1 atom stereocenters. The van der Waals surface area contributed by atoms with Crippen LogP contribution in [0.4, 0.5) is 5.69 Å². The molecule has 0 aliphatic carbocycles. The lowest BCUT2D eigenvalue weighted by atomic mass is 10.1. The Morgan fingerprint density at radius 2 is 1.86 bits per heavy atom. The van der Waals surface area contributed by atoms with Crippen LogP contribution < -0.4 is 15.4 Å². The predicted octanol–water partition coefficient (Wildman–Crippen LogP) is 5.35. The maximum absolute atomic E-state index is 13.0. The van der Waals surface area contributed by atoms with Crippen LogP contribution in [0.1, 0.15) is 34.8 Å². The average Bonchev–Trinajstić information content (AvgIpc) is 2.85. The van der Waals surface area contributed by atoms with E-state index >= 15 is 0 Å². The summed E-state index contributed by atoms with van der Waals surface area (Å²) in [6, 6.07) is 22.4. The van der Waals surface area contributed by atoms with Gasteiger partial charge in [0.15, 0.2) is 11.5 Å². The molecule has 2 N–H and O–H groups in total. The molecule has 0 aromatic heterocycles. The summed E-state index contributed by atoms with van der Waals surface area (Å²) in [5.41, 5.74) is 2.81. The van der Waals surface area contributed by atoms with Crippen molar-refractivity contribution in [2.24, 2.45) is 0 Å². The lowest BCUT2D eigenvalue weighted by molar-refractivity contribution is -0.115. The summed E-state index contributed by atoms with van der Waals surface area (Å²) < 4.78 is 5.80. The lowest BCUT2D eigenvalue weighted by Gasteiger charge is -2.25. The molecule has 0 bridgehead atoms. The highest BCUT2D eigenvalue weighted by atomic mass is 35.5. The zero-order valence-electron chi connectivity index (χ0n) is 19.8. The lowest BCUT2D eigenvalue weighted by Crippen LogP contribution is -2.42. The van der Waals surface area contributed by atoms with Gasteiger partial charge in [-0.15, -0.1) is 0 Å². The summed E-state index contributed by atoms with van der Waals surface area (Å²) in [7, 11) is 2.04. The van der Waals surface area contributed by atoms with Crippen molar-refractivity contribution in [2.75, 3.05) is 18.9 Å². The second-order valence-electron chi connectivity index (χ2n) is 8.56. The molecule has 4 rings (SSSR count). The van der Waals surface area contributed by atoms with E-state index in [2.05, 4.69) is 34.6 Å². The van der Waals surface area contributed by atoms with Crippen molar-refractivity contribution in [3.63, 3.8) is 0 Å². The van der Waals surface area contributed by atoms with Gasteiger partial charge in [0.2, 0.25) is 0 Å². The van der Waals surface area contributed by atoms with E-state index in [1.165, 1.54) is 5.56 Å². The van der Waals surface area contributed by atoms with Gasteiger partial charge in [-0.1, -0.05) is 67.1 Å². The molecule has 3 aromatic carbocycles. The number of likely N-dealkylation sites (N-methyl/N-ethyl adjacent to an activating group) is 1. The second-order valence-corrected chi connectivity index (χ2v) is 8.97. The summed E-state index contributed by atoms with van der Waals surface area (Å²) in [6.07, 6.45) is 2.39. The van der Waals surface area contributed by atoms with Gasteiger partial charge in [-0.3, -0.25) is 9.59 Å². The van der Waals surface area contributed by atoms with Gasteiger partial charge in [0.1, 0.15) is 0 Å². The van der Waals surface area contributed by atoms with Crippen molar-refractivity contribution < 1.29 is 14.3 Å². The van der Waals surface area contributed by atoms with Gasteiger partial charge in [0, 0.05) is 29.7 Å². The molecule has 0 saturated carbocycles. The molecule has 6 nitrogen and oxygen atoms in total. The van der Waals surface area contributed by atoms with Crippen molar-refractivity contribution in [1.29, 1.82) is 0 Å². The number of amides is 2. The van der Waals surface area contributed by atoms with Gasteiger partial charge in [-0.25, -0.2) is 0 Å². The smallest absolute Gasteiger partial charge is 0.291 e. The fraction of sp³-hybridized carbons (Fsp3) is 0.214. The van der Waals surface area contributed by atoms with Crippen LogP contribution in [0.25, 0.3) is 6.08 Å². The molecule has 0 unspecified atom stereocenters. The Morgan fingerprint density at radius 3 is 2.60 bits per heavy atom. The van der Waals surface area contributed by atoms with E-state index in [0.717, 1.165) is 19.5 Å². The van der Waals surface area contributed by atoms with Crippen LogP contribution in [0.5, 0.6) is 5.75 Å². The minimum atomic E-state index is -0.399. The third kappa shape index (κ3) is 6.29. The monoisotopic (exact) mass is 489 g/mol. The van der Waals surface area contributed by atoms with E-state index < -0.39 is 5.91 Å². The van der Waals surface area contributed by atoms with E-state index in [0.29, 0.717) is 27.6 Å². The van der Waals surface area contributed by atoms with E-state index in [1.54, 1.807) is 36.4 Å². The summed E-state index contributed by atoms with van der Waals surface area (Å²) in [5.74, 6) is 0.00718. The fourth-order valence-corrected chi connectivity index (χ4v) is 4.11. The van der Waals surface area contributed by atoms with Gasteiger partial charge in [-0.2, -0.15) is 0 Å². The van der Waals surface area contributed by atoms with Gasteiger partial charge in [-0.05, 0) is 54.9 Å². The number of hydrogen-bond donors (Lipinski definition) is 2. The molecule has 0 saturated heterocycles. The number of anilines is 1. The summed E-state index contributed by atoms with van der Waals surface area (Å²) in [4.78, 5) is 27.7. The number of rotatable bonds is 8. The summed E-state index contributed by atoms with van der Waals surface area (Å²) in [6.45, 7) is 3.58. The molecule has 2 amide bonds. The molecule has 0 fully saturated rings. The Balaban J connectivity index is 1.41. The minimum Gasteiger partial charge on any atom is -0.449 e. The fourth-order valence-electron chi connectivity index (χ4n) is 3.92. The van der Waals surface area contributed by atoms with Gasteiger partial charge in [0.25, 0.3) is 11.8 Å². The number of carbonyl (C=O) groups excluding carboxylic acids is 2. The quantitative estimate of drug-likeness (QED) is 0.418. The third-order valence-corrected chi connectivity index (χ3v) is 6.13. The highest BCUT2D eigenvalue weighted by molar-refractivity contribution is 6.32. The number of nitrogens with one attached hydrogen (secondary N) is 2. The van der Waals surface area contributed by atoms with Crippen LogP contribution in [0, 0.1) is 0 Å². The molecular formula is C28H28ClN3O3. The Hall–Kier alpha value is -3.61. The highest BCUT2D eigenvalue weighted by Crippen LogP contribution is 2.33. The Morgan fingerprint density at radius 1 is 1.11 bits per heavy atom. The zero-order chi connectivity index (χ0) is 24.8. The van der Waals surface area contributed by atoms with Crippen LogP contribution in [-0.2, 0) is 11.3 Å². The Bertz CT molecular complexity index is 1240. The molecule has 1 aliphatic heterocycles. The molecule has 0 spiro atoms. The zero-order valence-corrected chi connectivity index (χ0v) is 20.5. The van der Waals surface area contributed by atoms with Crippen molar-refractivity contribution in [2.45, 2.75) is 25.9 Å². The van der Waals surface area contributed by atoms with Crippen molar-refractivity contribution in [3.8, 4) is 5.75 Å². The molecule has 3 aromatic rings. The van der Waals surface area contributed by atoms with Crippen molar-refractivity contribution in [3.05, 3.63) is 100 Å². The normalized spacial score (nSPS) is 14.7. The first-order valence-electron chi connectivity index (χ1n) is 11.6. The van der Waals surface area contributed by atoms with Crippen molar-refractivity contribution in [1.82, 2.24) is 10.2 Å². The first-order valence-corrected chi connectivity index (χ1v) is 11.9. The van der Waals surface area contributed by atoms with E-state index in [9.17, 15) is 9.59 Å². The van der Waals surface area contributed by atoms with Gasteiger partial charge < -0.3 is 20.3 Å². The molecule has 7 heteroatoms. The number of benzene rings is 3. The molecule has 180 valence electrons. The number of halogens is 1. The topological polar surface area (TPSA) is 70.7 Å². The third-order valence-electron chi connectivity index (χ3n) is 5.78. The van der Waals surface area contributed by atoms with Crippen LogP contribution in [0.3, 0.4) is 0 Å². The van der Waals surface area contributed by atoms with E-state index in [1.807, 2.05) is 37.4 Å². The Labute approximate surface area is 210 Å². The average molecular weight is 490 g/mol. The van der Waals surface area contributed by atoms with E-state index in [-0.39, 0.29) is 17.7 Å². The SMILES string of the molecule is CC[C@@H](CN(C)Cc1ccccc1)NC(=O)c1ccc2c(c1)NC(=O)/C(=C/c1ccccc1Cl)O2. The van der Waals surface area contributed by atoms with E-state index in [4.69, 9.17) is 16.3 Å². The number of fused-ring (bicyclic) bond motifs is 1. The highest BCUT2D eigenvalue weighted by Gasteiger charge is 2.24. The number of carbonyl (C=O) groups is 2. The molecule has 35 heavy (non-hydrogen) atoms. The maximum Gasteiger partial charge on any atom is 0.291 e.